The van der Waals surface area contributed by atoms with Gasteiger partial charge in [-0.2, -0.15) is 0 Å². The van der Waals surface area contributed by atoms with E-state index >= 15 is 0 Å². The third kappa shape index (κ3) is 4.64. The topological polar surface area (TPSA) is 72.2 Å². The number of unbranched alkanes of at least 4 members (excludes halogenated alkanes) is 1. The number of aryl methyl sites for hydroxylation is 1. The van der Waals surface area contributed by atoms with Gasteiger partial charge in [0.25, 0.3) is 0 Å². The molecule has 0 radical (unpaired) electrons. The third-order valence-corrected chi connectivity index (χ3v) is 6.52. The van der Waals surface area contributed by atoms with Crippen molar-refractivity contribution in [3.05, 3.63) is 50.6 Å². The van der Waals surface area contributed by atoms with Gasteiger partial charge in [-0.25, -0.2) is 4.98 Å². The van der Waals surface area contributed by atoms with Gasteiger partial charge in [-0.15, -0.1) is 0 Å². The summed E-state index contributed by atoms with van der Waals surface area (Å²) in [5.41, 5.74) is 2.55. The first-order valence-corrected chi connectivity index (χ1v) is 11.1. The van der Waals surface area contributed by atoms with E-state index in [4.69, 9.17) is 0 Å². The van der Waals surface area contributed by atoms with Crippen molar-refractivity contribution in [3.63, 3.8) is 0 Å². The molecule has 3 rings (SSSR count). The van der Waals surface area contributed by atoms with Crippen LogP contribution in [-0.2, 0) is 17.8 Å². The zero-order chi connectivity index (χ0) is 20.1. The molecule has 1 aromatic carbocycles. The number of halogens is 1. The van der Waals surface area contributed by atoms with E-state index in [0.717, 1.165) is 71.9 Å². The monoisotopic (exact) mass is 494 g/mol. The van der Waals surface area contributed by atoms with Gasteiger partial charge in [0, 0.05) is 13.0 Å². The minimum atomic E-state index is -0.728. The summed E-state index contributed by atoms with van der Waals surface area (Å²) in [6, 6.07) is 7.87. The fraction of sp³-hybridized carbons (Fsp3) is 0.500. The van der Waals surface area contributed by atoms with Crippen molar-refractivity contribution in [3.8, 4) is 0 Å². The molecule has 0 saturated heterocycles. The van der Waals surface area contributed by atoms with E-state index in [1.807, 2.05) is 28.8 Å². The largest absolute Gasteiger partial charge is 0.481 e. The second kappa shape index (κ2) is 9.67. The number of nitrogens with zero attached hydrogens (tertiary/aromatic N) is 2. The average molecular weight is 494 g/mol. The molecule has 150 valence electrons. The molecule has 1 unspecified atom stereocenters. The van der Waals surface area contributed by atoms with Crippen LogP contribution in [-0.4, -0.2) is 26.9 Å². The predicted molar refractivity (Wildman–Crippen MR) is 117 cm³/mol. The Morgan fingerprint density at radius 1 is 1.32 bits per heavy atom. The summed E-state index contributed by atoms with van der Waals surface area (Å²) in [4.78, 5) is 28.0. The van der Waals surface area contributed by atoms with Crippen LogP contribution in [0, 0.1) is 9.62 Å². The Labute approximate surface area is 179 Å². The van der Waals surface area contributed by atoms with Gasteiger partial charge < -0.3 is 9.67 Å². The Kier molecular flexibility index (Phi) is 7.26. The van der Waals surface area contributed by atoms with Crippen LogP contribution in [0.5, 0.6) is 0 Å². The molecule has 1 N–H and O–H groups in total. The third-order valence-electron chi connectivity index (χ3n) is 5.72. The number of aliphatic carboxylic acids is 1. The molecule has 1 aliphatic rings. The highest BCUT2D eigenvalue weighted by Gasteiger charge is 2.31. The van der Waals surface area contributed by atoms with E-state index in [-0.39, 0.29) is 5.92 Å². The molecule has 2 aromatic rings. The minimum Gasteiger partial charge on any atom is -0.481 e. The molecule has 0 bridgehead atoms. The van der Waals surface area contributed by atoms with Crippen LogP contribution in [0.1, 0.15) is 78.8 Å². The lowest BCUT2D eigenvalue weighted by Crippen LogP contribution is -2.19. The molecular weight excluding hydrogens is 467 g/mol. The smallest absolute Gasteiger partial charge is 0.311 e. The van der Waals surface area contributed by atoms with Crippen molar-refractivity contribution in [2.24, 2.45) is 5.92 Å². The second-order valence-electron chi connectivity index (χ2n) is 7.61. The SMILES string of the molecule is CCCCc1nc(I)c(C=O)n1Cc1ccc(C(C(=O)O)C2CCCC2)cc1. The van der Waals surface area contributed by atoms with Gasteiger partial charge in [-0.3, -0.25) is 9.59 Å². The number of aromatic nitrogens is 2. The lowest BCUT2D eigenvalue weighted by Gasteiger charge is -2.20. The lowest BCUT2D eigenvalue weighted by molar-refractivity contribution is -0.140. The first-order chi connectivity index (χ1) is 13.5. The summed E-state index contributed by atoms with van der Waals surface area (Å²) >= 11 is 2.12. The molecule has 0 aliphatic heterocycles. The van der Waals surface area contributed by atoms with Crippen LogP contribution in [0.3, 0.4) is 0 Å². The number of carboxylic acids is 1. The number of hydrogen-bond acceptors (Lipinski definition) is 3. The number of aldehydes is 1. The number of carbonyl (C=O) groups excluding carboxylic acids is 1. The van der Waals surface area contributed by atoms with E-state index < -0.39 is 11.9 Å². The Balaban J connectivity index is 1.82. The van der Waals surface area contributed by atoms with Crippen molar-refractivity contribution in [1.29, 1.82) is 0 Å². The predicted octanol–water partition coefficient (Wildman–Crippen LogP) is 5.05. The van der Waals surface area contributed by atoms with Crippen LogP contribution in [0.15, 0.2) is 24.3 Å². The number of hydrogen-bond donors (Lipinski definition) is 1. The summed E-state index contributed by atoms with van der Waals surface area (Å²) in [5.74, 6) is 0.0259. The summed E-state index contributed by atoms with van der Waals surface area (Å²) < 4.78 is 2.73. The molecule has 1 fully saturated rings. The summed E-state index contributed by atoms with van der Waals surface area (Å²) in [6.45, 7) is 2.71. The van der Waals surface area contributed by atoms with Crippen molar-refractivity contribution in [2.75, 3.05) is 0 Å². The molecule has 1 aromatic heterocycles. The first kappa shape index (κ1) is 21.0. The highest BCUT2D eigenvalue weighted by molar-refractivity contribution is 14.1. The Morgan fingerprint density at radius 2 is 2.00 bits per heavy atom. The molecule has 5 nitrogen and oxygen atoms in total. The maximum atomic E-state index is 11.8. The van der Waals surface area contributed by atoms with Gasteiger partial charge in [0.05, 0.1) is 5.92 Å². The van der Waals surface area contributed by atoms with Gasteiger partial charge in [0.15, 0.2) is 6.29 Å². The molecule has 0 spiro atoms. The zero-order valence-corrected chi connectivity index (χ0v) is 18.4. The molecular formula is C22H27IN2O3. The highest BCUT2D eigenvalue weighted by Crippen LogP contribution is 2.37. The van der Waals surface area contributed by atoms with Crippen LogP contribution in [0.2, 0.25) is 0 Å². The normalized spacial score (nSPS) is 15.6. The zero-order valence-electron chi connectivity index (χ0n) is 16.2. The number of carboxylic acid groups (broad SMARTS) is 1. The van der Waals surface area contributed by atoms with Crippen molar-refractivity contribution in [2.45, 2.75) is 64.3 Å². The number of imidazole rings is 1. The molecule has 1 saturated carbocycles. The number of carbonyl (C=O) groups is 2. The molecule has 6 heteroatoms. The first-order valence-electron chi connectivity index (χ1n) is 10.1. The van der Waals surface area contributed by atoms with Crippen LogP contribution in [0.25, 0.3) is 0 Å². The maximum absolute atomic E-state index is 11.8. The molecule has 1 heterocycles. The Bertz CT molecular complexity index is 823. The molecule has 1 aliphatic carbocycles. The van der Waals surface area contributed by atoms with E-state index in [1.54, 1.807) is 0 Å². The minimum absolute atomic E-state index is 0.237. The number of benzene rings is 1. The van der Waals surface area contributed by atoms with Crippen molar-refractivity contribution in [1.82, 2.24) is 9.55 Å². The fourth-order valence-electron chi connectivity index (χ4n) is 4.22. The van der Waals surface area contributed by atoms with Crippen LogP contribution >= 0.6 is 22.6 Å². The summed E-state index contributed by atoms with van der Waals surface area (Å²) in [7, 11) is 0. The van der Waals surface area contributed by atoms with Crippen molar-refractivity contribution >= 4 is 34.8 Å². The second-order valence-corrected chi connectivity index (χ2v) is 8.64. The van der Waals surface area contributed by atoms with Crippen molar-refractivity contribution < 1.29 is 14.7 Å². The van der Waals surface area contributed by atoms with E-state index in [2.05, 4.69) is 34.5 Å². The van der Waals surface area contributed by atoms with Gasteiger partial charge in [0.2, 0.25) is 0 Å². The average Bonchev–Trinajstić information content (AvgIpc) is 3.29. The lowest BCUT2D eigenvalue weighted by atomic mass is 9.84. The molecule has 0 amide bonds. The van der Waals surface area contributed by atoms with E-state index in [0.29, 0.717) is 12.2 Å². The fourth-order valence-corrected chi connectivity index (χ4v) is 4.91. The quantitative estimate of drug-likeness (QED) is 0.391. The van der Waals surface area contributed by atoms with E-state index in [9.17, 15) is 14.7 Å². The van der Waals surface area contributed by atoms with Crippen LogP contribution in [0.4, 0.5) is 0 Å². The van der Waals surface area contributed by atoms with Gasteiger partial charge in [-0.05, 0) is 58.9 Å². The van der Waals surface area contributed by atoms with Gasteiger partial charge in [-0.1, -0.05) is 50.5 Å². The van der Waals surface area contributed by atoms with Gasteiger partial charge >= 0.3 is 5.97 Å². The number of rotatable bonds is 9. The highest BCUT2D eigenvalue weighted by atomic mass is 127. The summed E-state index contributed by atoms with van der Waals surface area (Å²) in [5, 5.41) is 9.73. The Hall–Kier alpha value is -1.70. The maximum Gasteiger partial charge on any atom is 0.311 e. The molecule has 28 heavy (non-hydrogen) atoms. The Morgan fingerprint density at radius 3 is 2.57 bits per heavy atom. The molecule has 1 atom stereocenters. The summed E-state index contributed by atoms with van der Waals surface area (Å²) in [6.07, 6.45) is 8.08. The van der Waals surface area contributed by atoms with E-state index in [1.165, 1.54) is 0 Å². The van der Waals surface area contributed by atoms with Crippen LogP contribution < -0.4 is 0 Å². The van der Waals surface area contributed by atoms with Gasteiger partial charge in [0.1, 0.15) is 15.2 Å². The standard InChI is InChI=1S/C22H27IN2O3/c1-2-3-8-19-24-21(23)18(14-26)25(19)13-15-9-11-17(12-10-15)20(22(27)28)16-6-4-5-7-16/h9-12,14,16,20H,2-8,13H2,1H3,(H,27,28).